The maximum absolute atomic E-state index is 11.2. The number of rotatable bonds is 1. The molecule has 0 radical (unpaired) electrons. The number of sulfone groups is 1. The maximum atomic E-state index is 11.2. The monoisotopic (exact) mass is 196 g/mol. The third kappa shape index (κ3) is 1.23. The van der Waals surface area contributed by atoms with Gasteiger partial charge < -0.3 is 5.11 Å². The molecule has 1 aromatic rings. The third-order valence-corrected chi connectivity index (χ3v) is 3.68. The van der Waals surface area contributed by atoms with Crippen LogP contribution in [-0.4, -0.2) is 19.3 Å². The first-order chi connectivity index (χ1) is 6.11. The molecule has 0 aliphatic carbocycles. The van der Waals surface area contributed by atoms with Gasteiger partial charge in [-0.3, -0.25) is 0 Å². The van der Waals surface area contributed by atoms with E-state index >= 15 is 0 Å². The molecule has 2 rings (SSSR count). The minimum atomic E-state index is -3.19. The lowest BCUT2D eigenvalue weighted by Gasteiger charge is -2.19. The second-order valence-electron chi connectivity index (χ2n) is 2.90. The van der Waals surface area contributed by atoms with Crippen molar-refractivity contribution >= 4 is 14.7 Å². The van der Waals surface area contributed by atoms with Gasteiger partial charge in [-0.05, 0) is 5.56 Å². The third-order valence-electron chi connectivity index (χ3n) is 1.94. The van der Waals surface area contributed by atoms with Gasteiger partial charge in [0.25, 0.3) is 0 Å². The van der Waals surface area contributed by atoms with Crippen molar-refractivity contribution in [2.75, 3.05) is 5.75 Å². The highest BCUT2D eigenvalue weighted by Gasteiger charge is 2.35. The summed E-state index contributed by atoms with van der Waals surface area (Å²) in [5.41, 5.74) is 0.561. The van der Waals surface area contributed by atoms with Crippen molar-refractivity contribution in [3.63, 3.8) is 0 Å². The number of benzene rings is 1. The fourth-order valence-electron chi connectivity index (χ4n) is 1.35. The summed E-state index contributed by atoms with van der Waals surface area (Å²) in [5, 5.41) is 9.20. The minimum absolute atomic E-state index is 0.0359. The molecule has 1 aliphatic rings. The van der Waals surface area contributed by atoms with Gasteiger partial charge in [0.1, 0.15) is 16.4 Å². The summed E-state index contributed by atoms with van der Waals surface area (Å²) < 4.78 is 22.4. The molecule has 1 aliphatic heterocycles. The van der Waals surface area contributed by atoms with Crippen LogP contribution in [0.3, 0.4) is 0 Å². The summed E-state index contributed by atoms with van der Waals surface area (Å²) in [6.45, 7) is 0. The van der Waals surface area contributed by atoms with E-state index in [0.29, 0.717) is 5.56 Å². The molecule has 13 heavy (non-hydrogen) atoms. The Balaban J connectivity index is 2.56. The van der Waals surface area contributed by atoms with Gasteiger partial charge in [0.15, 0.2) is 9.84 Å². The zero-order valence-electron chi connectivity index (χ0n) is 6.77. The smallest absolute Gasteiger partial charge is 0.189 e. The molecule has 0 unspecified atom stereocenters. The average Bonchev–Trinajstić information content (AvgIpc) is 2.04. The lowest BCUT2D eigenvalue weighted by molar-refractivity contribution is 0.412. The van der Waals surface area contributed by atoms with Crippen LogP contribution in [0.15, 0.2) is 36.1 Å². The molecular formula is C9H8O3S. The molecule has 1 heterocycles. The quantitative estimate of drug-likeness (QED) is 0.737. The Labute approximate surface area is 76.3 Å². The Kier molecular flexibility index (Phi) is 1.66. The normalized spacial score (nSPS) is 19.7. The summed E-state index contributed by atoms with van der Waals surface area (Å²) in [6.07, 6.45) is 0. The van der Waals surface area contributed by atoms with Crippen molar-refractivity contribution in [3.05, 3.63) is 41.7 Å². The van der Waals surface area contributed by atoms with Gasteiger partial charge in [-0.1, -0.05) is 30.3 Å². The first kappa shape index (κ1) is 8.31. The molecule has 0 aromatic heterocycles. The highest BCUT2D eigenvalue weighted by molar-refractivity contribution is 8.02. The first-order valence-corrected chi connectivity index (χ1v) is 5.47. The number of aliphatic hydroxyl groups excluding tert-OH is 1. The summed E-state index contributed by atoms with van der Waals surface area (Å²) in [6, 6.07) is 8.61. The molecular weight excluding hydrogens is 188 g/mol. The second kappa shape index (κ2) is 2.60. The van der Waals surface area contributed by atoms with Crippen molar-refractivity contribution < 1.29 is 13.5 Å². The van der Waals surface area contributed by atoms with Crippen LogP contribution >= 0.6 is 0 Å². The van der Waals surface area contributed by atoms with E-state index in [-0.39, 0.29) is 16.4 Å². The fourth-order valence-corrected chi connectivity index (χ4v) is 2.68. The van der Waals surface area contributed by atoms with Gasteiger partial charge >= 0.3 is 0 Å². The number of aliphatic hydroxyl groups is 1. The van der Waals surface area contributed by atoms with E-state index < -0.39 is 9.84 Å². The molecule has 4 heteroatoms. The molecule has 0 amide bonds. The van der Waals surface area contributed by atoms with Gasteiger partial charge in [-0.2, -0.15) is 0 Å². The summed E-state index contributed by atoms with van der Waals surface area (Å²) in [5.74, 6) is -0.261. The van der Waals surface area contributed by atoms with Crippen molar-refractivity contribution in [1.82, 2.24) is 0 Å². The first-order valence-electron chi connectivity index (χ1n) is 3.81. The van der Waals surface area contributed by atoms with E-state index in [2.05, 4.69) is 0 Å². The van der Waals surface area contributed by atoms with Crippen LogP contribution in [0.2, 0.25) is 0 Å². The van der Waals surface area contributed by atoms with E-state index in [1.165, 1.54) is 0 Å². The molecule has 0 bridgehead atoms. The molecule has 0 saturated heterocycles. The van der Waals surface area contributed by atoms with E-state index in [1.54, 1.807) is 30.3 Å². The molecule has 3 nitrogen and oxygen atoms in total. The Morgan fingerprint density at radius 1 is 1.15 bits per heavy atom. The van der Waals surface area contributed by atoms with Crippen LogP contribution in [0, 0.1) is 0 Å². The number of hydrogen-bond donors (Lipinski definition) is 1. The predicted molar refractivity (Wildman–Crippen MR) is 49.8 cm³/mol. The van der Waals surface area contributed by atoms with E-state index in [1.807, 2.05) is 0 Å². The van der Waals surface area contributed by atoms with Crippen molar-refractivity contribution in [3.8, 4) is 0 Å². The Bertz CT molecular complexity index is 457. The van der Waals surface area contributed by atoms with Gasteiger partial charge in [0.2, 0.25) is 0 Å². The van der Waals surface area contributed by atoms with Crippen molar-refractivity contribution in [2.24, 2.45) is 0 Å². The Morgan fingerprint density at radius 3 is 2.23 bits per heavy atom. The zero-order chi connectivity index (χ0) is 9.47. The van der Waals surface area contributed by atoms with Gasteiger partial charge in [-0.25, -0.2) is 8.42 Å². The Morgan fingerprint density at radius 2 is 1.77 bits per heavy atom. The zero-order valence-corrected chi connectivity index (χ0v) is 7.58. The van der Waals surface area contributed by atoms with Crippen LogP contribution < -0.4 is 0 Å². The maximum Gasteiger partial charge on any atom is 0.189 e. The second-order valence-corrected chi connectivity index (χ2v) is 4.83. The highest BCUT2D eigenvalue weighted by atomic mass is 32.2. The van der Waals surface area contributed by atoms with E-state index in [0.717, 1.165) is 0 Å². The van der Waals surface area contributed by atoms with Gasteiger partial charge in [0, 0.05) is 0 Å². The van der Waals surface area contributed by atoms with Crippen LogP contribution in [0.25, 0.3) is 4.91 Å². The topological polar surface area (TPSA) is 54.4 Å². The van der Waals surface area contributed by atoms with Crippen LogP contribution in [-0.2, 0) is 9.84 Å². The van der Waals surface area contributed by atoms with Crippen molar-refractivity contribution in [2.45, 2.75) is 0 Å². The molecule has 1 N–H and O–H groups in total. The van der Waals surface area contributed by atoms with Crippen LogP contribution in [0.4, 0.5) is 0 Å². The lowest BCUT2D eigenvalue weighted by atomic mass is 10.2. The van der Waals surface area contributed by atoms with E-state index in [9.17, 15) is 13.5 Å². The highest BCUT2D eigenvalue weighted by Crippen LogP contribution is 2.33. The minimum Gasteiger partial charge on any atom is -0.510 e. The summed E-state index contributed by atoms with van der Waals surface area (Å²) in [7, 11) is -3.19. The van der Waals surface area contributed by atoms with Crippen LogP contribution in [0.1, 0.15) is 5.56 Å². The molecule has 0 fully saturated rings. The largest absolute Gasteiger partial charge is 0.510 e. The van der Waals surface area contributed by atoms with Gasteiger partial charge in [-0.15, -0.1) is 0 Å². The molecule has 68 valence electrons. The lowest BCUT2D eigenvalue weighted by Crippen LogP contribution is -2.22. The molecule has 0 atom stereocenters. The Hall–Kier alpha value is -1.29. The predicted octanol–water partition coefficient (Wildman–Crippen LogP) is 1.34. The number of hydrogen-bond acceptors (Lipinski definition) is 3. The summed E-state index contributed by atoms with van der Waals surface area (Å²) >= 11 is 0. The molecule has 0 saturated carbocycles. The van der Waals surface area contributed by atoms with E-state index in [4.69, 9.17) is 0 Å². The molecule has 1 aromatic carbocycles. The average molecular weight is 196 g/mol. The standard InChI is InChI=1S/C9H8O3S/c10-8-6-13(11,12)9(8)7-4-2-1-3-5-7/h1-5,10H,6H2. The van der Waals surface area contributed by atoms with Gasteiger partial charge in [0.05, 0.1) is 0 Å². The molecule has 0 spiro atoms. The fraction of sp³-hybridized carbons (Fsp3) is 0.111. The SMILES string of the molecule is O=S1(=O)CC(O)=C1c1ccccc1. The summed E-state index contributed by atoms with van der Waals surface area (Å²) in [4.78, 5) is 0.0769. The van der Waals surface area contributed by atoms with Crippen LogP contribution in [0.5, 0.6) is 0 Å². The van der Waals surface area contributed by atoms with Crippen molar-refractivity contribution in [1.29, 1.82) is 0 Å².